The van der Waals surface area contributed by atoms with Gasteiger partial charge in [-0.05, 0) is 50.9 Å². The highest BCUT2D eigenvalue weighted by molar-refractivity contribution is 5.78. The van der Waals surface area contributed by atoms with Crippen LogP contribution in [0.4, 0.5) is 0 Å². The van der Waals surface area contributed by atoms with Crippen molar-refractivity contribution in [1.82, 2.24) is 24.6 Å². The number of nitrogens with one attached hydrogen (secondary N) is 1. The average Bonchev–Trinajstić information content (AvgIpc) is 3.23. The van der Waals surface area contributed by atoms with Gasteiger partial charge in [0.1, 0.15) is 5.82 Å². The Morgan fingerprint density at radius 1 is 1.22 bits per heavy atom. The van der Waals surface area contributed by atoms with E-state index in [0.717, 1.165) is 42.2 Å². The van der Waals surface area contributed by atoms with Crippen molar-refractivity contribution in [2.45, 2.75) is 39.3 Å². The summed E-state index contributed by atoms with van der Waals surface area (Å²) in [6.45, 7) is 7.25. The maximum Gasteiger partial charge on any atom is 0.124 e. The van der Waals surface area contributed by atoms with Crippen LogP contribution in [-0.4, -0.2) is 37.7 Å². The molecule has 0 aliphatic carbocycles. The van der Waals surface area contributed by atoms with Crippen LogP contribution in [0, 0.1) is 13.8 Å². The zero-order valence-corrected chi connectivity index (χ0v) is 13.8. The maximum atomic E-state index is 4.88. The van der Waals surface area contributed by atoms with E-state index in [1.54, 1.807) is 0 Å². The van der Waals surface area contributed by atoms with Crippen LogP contribution < -0.4 is 0 Å². The molecule has 0 unspecified atom stereocenters. The molecular weight excluding hydrogens is 286 g/mol. The Labute approximate surface area is 136 Å². The number of aromatic amines is 1. The first-order valence-electron chi connectivity index (χ1n) is 8.40. The lowest BCUT2D eigenvalue weighted by molar-refractivity contribution is 0.236. The Morgan fingerprint density at radius 3 is 2.91 bits per heavy atom. The van der Waals surface area contributed by atoms with E-state index in [1.165, 1.54) is 18.4 Å². The van der Waals surface area contributed by atoms with Gasteiger partial charge in [0, 0.05) is 12.7 Å². The molecule has 3 aromatic rings. The van der Waals surface area contributed by atoms with Crippen LogP contribution in [0.2, 0.25) is 0 Å². The zero-order valence-electron chi connectivity index (χ0n) is 13.8. The first-order chi connectivity index (χ1) is 11.2. The van der Waals surface area contributed by atoms with E-state index >= 15 is 0 Å². The van der Waals surface area contributed by atoms with E-state index in [4.69, 9.17) is 4.98 Å². The van der Waals surface area contributed by atoms with Gasteiger partial charge in [0.25, 0.3) is 0 Å². The minimum Gasteiger partial charge on any atom is -0.341 e. The predicted molar refractivity (Wildman–Crippen MR) is 91.3 cm³/mol. The summed E-state index contributed by atoms with van der Waals surface area (Å²) in [6.07, 6.45) is 4.47. The molecule has 2 aromatic heterocycles. The monoisotopic (exact) mass is 309 g/mol. The Kier molecular flexibility index (Phi) is 3.65. The summed E-state index contributed by atoms with van der Waals surface area (Å²) in [5, 5.41) is 4.48. The van der Waals surface area contributed by atoms with Crippen LogP contribution in [0.25, 0.3) is 11.0 Å². The summed E-state index contributed by atoms with van der Waals surface area (Å²) in [5.41, 5.74) is 4.57. The van der Waals surface area contributed by atoms with Crippen molar-refractivity contribution in [3.05, 3.63) is 47.5 Å². The average molecular weight is 309 g/mol. The van der Waals surface area contributed by atoms with Crippen LogP contribution >= 0.6 is 0 Å². The molecule has 1 saturated heterocycles. The van der Waals surface area contributed by atoms with Crippen LogP contribution in [0.3, 0.4) is 0 Å². The molecule has 1 fully saturated rings. The zero-order chi connectivity index (χ0) is 15.8. The number of hydrogen-bond donors (Lipinski definition) is 1. The molecule has 23 heavy (non-hydrogen) atoms. The van der Waals surface area contributed by atoms with Crippen LogP contribution in [0.15, 0.2) is 30.5 Å². The molecule has 1 aromatic carbocycles. The van der Waals surface area contributed by atoms with Crippen LogP contribution in [0.1, 0.15) is 36.0 Å². The van der Waals surface area contributed by atoms with Gasteiger partial charge in [-0.25, -0.2) is 4.98 Å². The van der Waals surface area contributed by atoms with E-state index in [2.05, 4.69) is 52.4 Å². The Hall–Kier alpha value is -2.14. The number of benzene rings is 1. The third-order valence-corrected chi connectivity index (χ3v) is 4.80. The third-order valence-electron chi connectivity index (χ3n) is 4.80. The van der Waals surface area contributed by atoms with Crippen molar-refractivity contribution in [2.24, 2.45) is 0 Å². The number of nitrogens with zero attached hydrogens (tertiary/aromatic N) is 4. The Balaban J connectivity index is 1.53. The molecule has 1 N–H and O–H groups in total. The highest BCUT2D eigenvalue weighted by Gasteiger charge is 2.28. The second-order valence-corrected chi connectivity index (χ2v) is 6.51. The van der Waals surface area contributed by atoms with Gasteiger partial charge in [-0.15, -0.1) is 0 Å². The second-order valence-electron chi connectivity index (χ2n) is 6.51. The first-order valence-corrected chi connectivity index (χ1v) is 8.40. The highest BCUT2D eigenvalue weighted by Crippen LogP contribution is 2.31. The van der Waals surface area contributed by atoms with Gasteiger partial charge < -0.3 is 4.98 Å². The molecule has 3 heterocycles. The van der Waals surface area contributed by atoms with E-state index in [0.29, 0.717) is 6.04 Å². The number of H-pyrrole nitrogens is 1. The first kappa shape index (κ1) is 14.5. The number of likely N-dealkylation sites (tertiary alicyclic amines) is 1. The molecule has 5 heteroatoms. The maximum absolute atomic E-state index is 4.88. The number of para-hydroxylation sites is 1. The number of rotatable bonds is 4. The van der Waals surface area contributed by atoms with Crippen molar-refractivity contribution in [3.63, 3.8) is 0 Å². The topological polar surface area (TPSA) is 49.7 Å². The van der Waals surface area contributed by atoms with E-state index < -0.39 is 0 Å². The highest BCUT2D eigenvalue weighted by atomic mass is 15.3. The van der Waals surface area contributed by atoms with Crippen molar-refractivity contribution in [2.75, 3.05) is 13.1 Å². The summed E-state index contributed by atoms with van der Waals surface area (Å²) >= 11 is 0. The fraction of sp³-hybridized carbons (Fsp3) is 0.444. The van der Waals surface area contributed by atoms with Gasteiger partial charge in [-0.3, -0.25) is 9.58 Å². The smallest absolute Gasteiger partial charge is 0.124 e. The van der Waals surface area contributed by atoms with Crippen molar-refractivity contribution >= 4 is 11.0 Å². The molecule has 0 amide bonds. The molecule has 4 rings (SSSR count). The molecule has 120 valence electrons. The van der Waals surface area contributed by atoms with Gasteiger partial charge >= 0.3 is 0 Å². The van der Waals surface area contributed by atoms with E-state index in [9.17, 15) is 0 Å². The molecular formula is C18H23N5. The van der Waals surface area contributed by atoms with Crippen molar-refractivity contribution in [3.8, 4) is 0 Å². The van der Waals surface area contributed by atoms with Gasteiger partial charge in [0.2, 0.25) is 0 Å². The number of imidazole rings is 1. The Morgan fingerprint density at radius 2 is 2.13 bits per heavy atom. The molecule has 0 bridgehead atoms. The number of aromatic nitrogens is 4. The van der Waals surface area contributed by atoms with Crippen molar-refractivity contribution < 1.29 is 0 Å². The number of fused-ring (bicyclic) bond motifs is 1. The van der Waals surface area contributed by atoms with E-state index in [1.807, 2.05) is 11.6 Å². The SMILES string of the molecule is Cc1ccn(CCN2CCC[C@H]2c2nc3c(C)cccc3[nH]2)n1. The number of hydrogen-bond acceptors (Lipinski definition) is 3. The molecule has 1 aliphatic rings. The number of aryl methyl sites for hydroxylation is 2. The molecule has 0 saturated carbocycles. The molecule has 1 atom stereocenters. The summed E-state index contributed by atoms with van der Waals surface area (Å²) < 4.78 is 2.04. The van der Waals surface area contributed by atoms with Crippen molar-refractivity contribution in [1.29, 1.82) is 0 Å². The molecule has 5 nitrogen and oxygen atoms in total. The van der Waals surface area contributed by atoms with E-state index in [-0.39, 0.29) is 0 Å². The molecule has 1 aliphatic heterocycles. The molecule has 0 spiro atoms. The van der Waals surface area contributed by atoms with Gasteiger partial charge in [0.05, 0.1) is 29.3 Å². The van der Waals surface area contributed by atoms with Gasteiger partial charge in [-0.2, -0.15) is 5.10 Å². The minimum atomic E-state index is 0.401. The largest absolute Gasteiger partial charge is 0.341 e. The lowest BCUT2D eigenvalue weighted by atomic mass is 10.2. The summed E-state index contributed by atoms with van der Waals surface area (Å²) in [7, 11) is 0. The summed E-state index contributed by atoms with van der Waals surface area (Å²) in [5.74, 6) is 1.11. The quantitative estimate of drug-likeness (QED) is 0.805. The molecule has 0 radical (unpaired) electrons. The van der Waals surface area contributed by atoms with Crippen LogP contribution in [0.5, 0.6) is 0 Å². The predicted octanol–water partition coefficient (Wildman–Crippen LogP) is 3.21. The van der Waals surface area contributed by atoms with Gasteiger partial charge in [-0.1, -0.05) is 12.1 Å². The minimum absolute atomic E-state index is 0.401. The lowest BCUT2D eigenvalue weighted by Gasteiger charge is -2.22. The second kappa shape index (κ2) is 5.81. The Bertz CT molecular complexity index is 816. The summed E-state index contributed by atoms with van der Waals surface area (Å²) in [6, 6.07) is 8.79. The standard InChI is InChI=1S/C18H23N5/c1-13-5-3-6-15-17(13)20-18(19-15)16-7-4-9-22(16)11-12-23-10-8-14(2)21-23/h3,5-6,8,10,16H,4,7,9,11-12H2,1-2H3,(H,19,20)/t16-/m0/s1. The van der Waals surface area contributed by atoms with Gasteiger partial charge in [0.15, 0.2) is 0 Å². The normalized spacial score (nSPS) is 19.0. The fourth-order valence-electron chi connectivity index (χ4n) is 3.57. The fourth-order valence-corrected chi connectivity index (χ4v) is 3.57. The summed E-state index contributed by atoms with van der Waals surface area (Å²) in [4.78, 5) is 11.0. The third kappa shape index (κ3) is 2.77. The van der Waals surface area contributed by atoms with Crippen LogP contribution in [-0.2, 0) is 6.54 Å². The lowest BCUT2D eigenvalue weighted by Crippen LogP contribution is -2.28.